The van der Waals surface area contributed by atoms with E-state index in [0.717, 1.165) is 38.4 Å². The van der Waals surface area contributed by atoms with Gasteiger partial charge in [0.2, 0.25) is 0 Å². The van der Waals surface area contributed by atoms with Crippen molar-refractivity contribution in [2.75, 3.05) is 31.1 Å². The fourth-order valence-electron chi connectivity index (χ4n) is 3.01. The summed E-state index contributed by atoms with van der Waals surface area (Å²) in [6, 6.07) is 15.7. The lowest BCUT2D eigenvalue weighted by Crippen LogP contribution is -2.46. The number of carboxylic acid groups (broad SMARTS) is 1. The normalized spacial score (nSPS) is 15.6. The summed E-state index contributed by atoms with van der Waals surface area (Å²) >= 11 is 0. The molecule has 0 unspecified atom stereocenters. The maximum absolute atomic E-state index is 10.9. The van der Waals surface area contributed by atoms with Crippen molar-refractivity contribution in [1.82, 2.24) is 4.90 Å². The first-order valence-electron chi connectivity index (χ1n) is 7.98. The van der Waals surface area contributed by atoms with Crippen molar-refractivity contribution in [3.05, 3.63) is 59.7 Å². The van der Waals surface area contributed by atoms with E-state index in [1.54, 1.807) is 12.1 Å². The van der Waals surface area contributed by atoms with Gasteiger partial charge in [-0.05, 0) is 29.8 Å². The van der Waals surface area contributed by atoms with E-state index >= 15 is 0 Å². The Balaban J connectivity index is 1.58. The Hall–Kier alpha value is -2.27. The van der Waals surface area contributed by atoms with Crippen molar-refractivity contribution in [1.29, 1.82) is 0 Å². The Morgan fingerprint density at radius 2 is 1.65 bits per heavy atom. The van der Waals surface area contributed by atoms with E-state index in [1.807, 2.05) is 12.1 Å². The predicted octanol–water partition coefficient (Wildman–Crippen LogP) is 0.965. The molecule has 0 aliphatic carbocycles. The third-order valence-corrected chi connectivity index (χ3v) is 4.51. The van der Waals surface area contributed by atoms with Gasteiger partial charge in [0.05, 0.1) is 5.56 Å². The Morgan fingerprint density at radius 3 is 2.26 bits per heavy atom. The molecule has 1 fully saturated rings. The monoisotopic (exact) mass is 308 g/mol. The third-order valence-electron chi connectivity index (χ3n) is 4.51. The summed E-state index contributed by atoms with van der Waals surface area (Å²) in [5.41, 5.74) is 4.18. The number of carboxylic acids is 1. The highest BCUT2D eigenvalue weighted by molar-refractivity contribution is 6.33. The van der Waals surface area contributed by atoms with Crippen LogP contribution < -0.4 is 10.4 Å². The van der Waals surface area contributed by atoms with Gasteiger partial charge in [-0.25, -0.2) is 4.79 Å². The van der Waals surface area contributed by atoms with Crippen LogP contribution >= 0.6 is 0 Å². The zero-order valence-corrected chi connectivity index (χ0v) is 13.4. The number of hydrogen-bond donors (Lipinski definition) is 1. The average molecular weight is 308 g/mol. The third kappa shape index (κ3) is 3.74. The Kier molecular flexibility index (Phi) is 4.67. The Bertz CT molecular complexity index is 680. The first kappa shape index (κ1) is 15.6. The molecular weight excluding hydrogens is 287 g/mol. The molecule has 4 nitrogen and oxygen atoms in total. The van der Waals surface area contributed by atoms with Crippen LogP contribution in [0.15, 0.2) is 48.5 Å². The van der Waals surface area contributed by atoms with Crippen molar-refractivity contribution < 1.29 is 9.90 Å². The molecular formula is C18H21BN2O2. The highest BCUT2D eigenvalue weighted by Crippen LogP contribution is 2.18. The van der Waals surface area contributed by atoms with Gasteiger partial charge >= 0.3 is 5.97 Å². The van der Waals surface area contributed by atoms with Gasteiger partial charge < -0.3 is 10.0 Å². The SMILES string of the molecule is Bc1ccccc1CN1CCN(c2ccc(C(=O)O)cc2)CC1. The van der Waals surface area contributed by atoms with Gasteiger partial charge in [0.1, 0.15) is 7.85 Å². The fraction of sp³-hybridized carbons (Fsp3) is 0.278. The van der Waals surface area contributed by atoms with Crippen molar-refractivity contribution in [2.45, 2.75) is 6.54 Å². The van der Waals surface area contributed by atoms with E-state index < -0.39 is 5.97 Å². The first-order valence-corrected chi connectivity index (χ1v) is 7.98. The average Bonchev–Trinajstić information content (AvgIpc) is 2.58. The number of hydrogen-bond acceptors (Lipinski definition) is 3. The van der Waals surface area contributed by atoms with Crippen LogP contribution in [0.4, 0.5) is 5.69 Å². The second kappa shape index (κ2) is 6.88. The van der Waals surface area contributed by atoms with Gasteiger partial charge in [-0.2, -0.15) is 0 Å². The predicted molar refractivity (Wildman–Crippen MR) is 95.5 cm³/mol. The molecule has 23 heavy (non-hydrogen) atoms. The molecule has 0 amide bonds. The zero-order valence-electron chi connectivity index (χ0n) is 13.4. The zero-order chi connectivity index (χ0) is 16.2. The minimum atomic E-state index is -0.875. The van der Waals surface area contributed by atoms with Crippen LogP contribution in [-0.4, -0.2) is 50.0 Å². The molecule has 118 valence electrons. The topological polar surface area (TPSA) is 43.8 Å². The lowest BCUT2D eigenvalue weighted by atomic mass is 9.90. The Morgan fingerprint density at radius 1 is 1.00 bits per heavy atom. The summed E-state index contributed by atoms with van der Waals surface area (Å²) in [6.45, 7) is 4.99. The molecule has 0 saturated carbocycles. The number of rotatable bonds is 4. The van der Waals surface area contributed by atoms with Gasteiger partial charge in [-0.1, -0.05) is 29.7 Å². The van der Waals surface area contributed by atoms with Gasteiger partial charge in [-0.15, -0.1) is 0 Å². The molecule has 3 rings (SSSR count). The van der Waals surface area contributed by atoms with E-state index in [9.17, 15) is 4.79 Å². The van der Waals surface area contributed by atoms with Crippen molar-refractivity contribution in [2.24, 2.45) is 0 Å². The van der Waals surface area contributed by atoms with Crippen LogP contribution in [-0.2, 0) is 6.54 Å². The summed E-state index contributed by atoms with van der Waals surface area (Å²) in [7, 11) is 2.16. The number of carbonyl (C=O) groups is 1. The fourth-order valence-corrected chi connectivity index (χ4v) is 3.01. The number of piperazine rings is 1. The van der Waals surface area contributed by atoms with Gasteiger partial charge in [-0.3, -0.25) is 4.90 Å². The summed E-state index contributed by atoms with van der Waals surface area (Å²) in [5.74, 6) is -0.875. The maximum Gasteiger partial charge on any atom is 0.335 e. The number of nitrogens with zero attached hydrogens (tertiary/aromatic N) is 2. The van der Waals surface area contributed by atoms with Gasteiger partial charge in [0, 0.05) is 38.4 Å². The Labute approximate surface area is 137 Å². The minimum Gasteiger partial charge on any atom is -0.478 e. The summed E-state index contributed by atoms with van der Waals surface area (Å²) in [4.78, 5) is 15.7. The van der Waals surface area contributed by atoms with Crippen LogP contribution in [0.2, 0.25) is 0 Å². The molecule has 1 saturated heterocycles. The second-order valence-electron chi connectivity index (χ2n) is 6.04. The molecule has 2 aromatic carbocycles. The van der Waals surface area contributed by atoms with E-state index in [4.69, 9.17) is 5.11 Å². The number of anilines is 1. The molecule has 0 radical (unpaired) electrons. The molecule has 0 aromatic heterocycles. The molecule has 1 aliphatic rings. The highest BCUT2D eigenvalue weighted by Gasteiger charge is 2.18. The van der Waals surface area contributed by atoms with Gasteiger partial charge in [0.25, 0.3) is 0 Å². The second-order valence-corrected chi connectivity index (χ2v) is 6.04. The molecule has 1 aliphatic heterocycles. The molecule has 0 spiro atoms. The largest absolute Gasteiger partial charge is 0.478 e. The van der Waals surface area contributed by atoms with Crippen LogP contribution in [0.25, 0.3) is 0 Å². The minimum absolute atomic E-state index is 0.340. The molecule has 1 heterocycles. The summed E-state index contributed by atoms with van der Waals surface area (Å²) in [6.07, 6.45) is 0. The maximum atomic E-state index is 10.9. The number of benzene rings is 2. The molecule has 0 bridgehead atoms. The van der Waals surface area contributed by atoms with Gasteiger partial charge in [0.15, 0.2) is 0 Å². The molecule has 5 heteroatoms. The van der Waals surface area contributed by atoms with Crippen molar-refractivity contribution in [3.8, 4) is 0 Å². The van der Waals surface area contributed by atoms with E-state index in [2.05, 4.69) is 41.9 Å². The van der Waals surface area contributed by atoms with Crippen LogP contribution in [0.3, 0.4) is 0 Å². The molecule has 0 atom stereocenters. The first-order chi connectivity index (χ1) is 11.1. The standard InChI is InChI=1S/C18H21BN2O2/c19-17-4-2-1-3-15(17)13-20-9-11-21(12-10-20)16-7-5-14(6-8-16)18(22)23/h1-8H,9-13,19H2,(H,22,23). The van der Waals surface area contributed by atoms with E-state index in [0.29, 0.717) is 5.56 Å². The smallest absolute Gasteiger partial charge is 0.335 e. The molecule has 1 N–H and O–H groups in total. The van der Waals surface area contributed by atoms with Crippen molar-refractivity contribution >= 4 is 25.0 Å². The van der Waals surface area contributed by atoms with E-state index in [-0.39, 0.29) is 0 Å². The van der Waals surface area contributed by atoms with Crippen LogP contribution in [0.1, 0.15) is 15.9 Å². The lowest BCUT2D eigenvalue weighted by molar-refractivity contribution is 0.0697. The van der Waals surface area contributed by atoms with E-state index in [1.165, 1.54) is 11.0 Å². The quantitative estimate of drug-likeness (QED) is 0.855. The van der Waals surface area contributed by atoms with Crippen LogP contribution in [0.5, 0.6) is 0 Å². The van der Waals surface area contributed by atoms with Crippen molar-refractivity contribution in [3.63, 3.8) is 0 Å². The summed E-state index contributed by atoms with van der Waals surface area (Å²) < 4.78 is 0. The highest BCUT2D eigenvalue weighted by atomic mass is 16.4. The summed E-state index contributed by atoms with van der Waals surface area (Å²) in [5, 5.41) is 8.96. The van der Waals surface area contributed by atoms with Crippen LogP contribution in [0, 0.1) is 0 Å². The molecule has 2 aromatic rings. The lowest BCUT2D eigenvalue weighted by Gasteiger charge is -2.36. The number of aromatic carboxylic acids is 1.